The maximum absolute atomic E-state index is 12.2. The summed E-state index contributed by atoms with van der Waals surface area (Å²) in [4.78, 5) is 24.5. The number of rotatable bonds is 2. The summed E-state index contributed by atoms with van der Waals surface area (Å²) >= 11 is 0. The zero-order valence-electron chi connectivity index (χ0n) is 10.8. The van der Waals surface area contributed by atoms with Crippen LogP contribution in [0.5, 0.6) is 0 Å². The summed E-state index contributed by atoms with van der Waals surface area (Å²) in [6.07, 6.45) is -3.64. The molecule has 19 heavy (non-hydrogen) atoms. The van der Waals surface area contributed by atoms with Crippen molar-refractivity contribution in [3.63, 3.8) is 0 Å². The zero-order valence-corrected chi connectivity index (χ0v) is 10.8. The van der Waals surface area contributed by atoms with Crippen LogP contribution < -0.4 is 0 Å². The Labute approximate surface area is 109 Å². The van der Waals surface area contributed by atoms with Crippen LogP contribution >= 0.6 is 0 Å². The Morgan fingerprint density at radius 3 is 2.47 bits per heavy atom. The predicted octanol–water partition coefficient (Wildman–Crippen LogP) is 1.79. The van der Waals surface area contributed by atoms with Gasteiger partial charge in [0.25, 0.3) is 0 Å². The Kier molecular flexibility index (Phi) is 4.65. The minimum atomic E-state index is -4.49. The number of nitrogens with zero attached hydrogens (tertiary/aromatic N) is 2. The average molecular weight is 282 g/mol. The second kappa shape index (κ2) is 5.66. The number of likely N-dealkylation sites (tertiary alicyclic amines) is 1. The van der Waals surface area contributed by atoms with Crippen molar-refractivity contribution in [2.24, 2.45) is 5.92 Å². The van der Waals surface area contributed by atoms with E-state index < -0.39 is 30.8 Å². The molecule has 1 N–H and O–H groups in total. The number of alkyl halides is 3. The Morgan fingerprint density at radius 1 is 1.42 bits per heavy atom. The topological polar surface area (TPSA) is 60.9 Å². The average Bonchev–Trinajstić information content (AvgIpc) is 2.25. The van der Waals surface area contributed by atoms with Gasteiger partial charge >= 0.3 is 18.2 Å². The standard InChI is InChI=1S/C11H17F3N2O3/c1-7-3-4-16(8(5-7)9(17)18)10(19)15(2)6-11(12,13)14/h7-8H,3-6H2,1-2H3,(H,17,18). The molecule has 0 bridgehead atoms. The van der Waals surface area contributed by atoms with Gasteiger partial charge in [-0.25, -0.2) is 9.59 Å². The van der Waals surface area contributed by atoms with Gasteiger partial charge in [-0.15, -0.1) is 0 Å². The van der Waals surface area contributed by atoms with E-state index in [1.807, 2.05) is 6.92 Å². The maximum Gasteiger partial charge on any atom is 0.406 e. The van der Waals surface area contributed by atoms with Gasteiger partial charge in [0.1, 0.15) is 12.6 Å². The number of amides is 2. The highest BCUT2D eigenvalue weighted by molar-refractivity contribution is 5.82. The Balaban J connectivity index is 2.76. The summed E-state index contributed by atoms with van der Waals surface area (Å²) < 4.78 is 36.7. The minimum absolute atomic E-state index is 0.137. The minimum Gasteiger partial charge on any atom is -0.480 e. The van der Waals surface area contributed by atoms with E-state index in [2.05, 4.69) is 0 Å². The third kappa shape index (κ3) is 4.29. The van der Waals surface area contributed by atoms with Crippen molar-refractivity contribution in [3.05, 3.63) is 0 Å². The zero-order chi connectivity index (χ0) is 14.8. The van der Waals surface area contributed by atoms with Gasteiger partial charge in [0, 0.05) is 13.6 Å². The van der Waals surface area contributed by atoms with Crippen molar-refractivity contribution in [1.29, 1.82) is 0 Å². The summed E-state index contributed by atoms with van der Waals surface area (Å²) in [5.74, 6) is -1.04. The molecule has 1 heterocycles. The van der Waals surface area contributed by atoms with Crippen molar-refractivity contribution in [2.75, 3.05) is 20.1 Å². The SMILES string of the molecule is CC1CCN(C(=O)N(C)CC(F)(F)F)C(C(=O)O)C1. The van der Waals surface area contributed by atoms with Gasteiger partial charge in [0.2, 0.25) is 0 Å². The molecule has 2 atom stereocenters. The van der Waals surface area contributed by atoms with Crippen molar-refractivity contribution < 1.29 is 27.9 Å². The fraction of sp³-hybridized carbons (Fsp3) is 0.818. The summed E-state index contributed by atoms with van der Waals surface area (Å²) in [6.45, 7) is 0.639. The van der Waals surface area contributed by atoms with Crippen molar-refractivity contribution >= 4 is 12.0 Å². The first-order chi connectivity index (χ1) is 8.61. The lowest BCUT2D eigenvalue weighted by Gasteiger charge is -2.38. The van der Waals surface area contributed by atoms with E-state index in [4.69, 9.17) is 5.11 Å². The molecule has 0 aliphatic carbocycles. The number of carboxylic acids is 1. The first-order valence-corrected chi connectivity index (χ1v) is 5.93. The van der Waals surface area contributed by atoms with Crippen molar-refractivity contribution in [2.45, 2.75) is 32.0 Å². The largest absolute Gasteiger partial charge is 0.480 e. The molecule has 8 heteroatoms. The molecule has 1 saturated heterocycles. The van der Waals surface area contributed by atoms with Crippen LogP contribution in [0.4, 0.5) is 18.0 Å². The second-order valence-electron chi connectivity index (χ2n) is 4.93. The monoisotopic (exact) mass is 282 g/mol. The molecule has 2 unspecified atom stereocenters. The molecular weight excluding hydrogens is 265 g/mol. The Hall–Kier alpha value is -1.47. The summed E-state index contributed by atoms with van der Waals surface area (Å²) in [5, 5.41) is 9.06. The third-order valence-electron chi connectivity index (χ3n) is 3.14. The van der Waals surface area contributed by atoms with Crippen LogP contribution in [0.15, 0.2) is 0 Å². The smallest absolute Gasteiger partial charge is 0.406 e. The molecule has 1 rings (SSSR count). The van der Waals surface area contributed by atoms with E-state index in [-0.39, 0.29) is 18.9 Å². The normalized spacial score (nSPS) is 24.2. The molecule has 1 aliphatic heterocycles. The highest BCUT2D eigenvalue weighted by Crippen LogP contribution is 2.24. The number of urea groups is 1. The molecule has 0 aromatic carbocycles. The Bertz CT molecular complexity index is 360. The number of hydrogen-bond acceptors (Lipinski definition) is 2. The van der Waals surface area contributed by atoms with Crippen LogP contribution in [-0.4, -0.2) is 59.3 Å². The lowest BCUT2D eigenvalue weighted by molar-refractivity contribution is -0.145. The quantitative estimate of drug-likeness (QED) is 0.840. The molecule has 5 nitrogen and oxygen atoms in total. The number of carboxylic acid groups (broad SMARTS) is 1. The predicted molar refractivity (Wildman–Crippen MR) is 60.6 cm³/mol. The number of hydrogen-bond donors (Lipinski definition) is 1. The lowest BCUT2D eigenvalue weighted by Crippen LogP contribution is -2.54. The van der Waals surface area contributed by atoms with Gasteiger partial charge in [-0.1, -0.05) is 6.92 Å². The summed E-state index contributed by atoms with van der Waals surface area (Å²) in [6, 6.07) is -1.94. The van der Waals surface area contributed by atoms with Gasteiger partial charge in [-0.05, 0) is 18.8 Å². The van der Waals surface area contributed by atoms with Crippen LogP contribution in [0.3, 0.4) is 0 Å². The highest BCUT2D eigenvalue weighted by Gasteiger charge is 2.38. The second-order valence-corrected chi connectivity index (χ2v) is 4.93. The summed E-state index contributed by atoms with van der Waals surface area (Å²) in [7, 11) is 1.02. The van der Waals surface area contributed by atoms with Gasteiger partial charge in [0.15, 0.2) is 0 Å². The lowest BCUT2D eigenvalue weighted by atomic mass is 9.93. The van der Waals surface area contributed by atoms with Crippen molar-refractivity contribution in [1.82, 2.24) is 9.80 Å². The highest BCUT2D eigenvalue weighted by atomic mass is 19.4. The summed E-state index contributed by atoms with van der Waals surface area (Å²) in [5.41, 5.74) is 0. The molecule has 0 radical (unpaired) electrons. The fourth-order valence-electron chi connectivity index (χ4n) is 2.16. The number of carbonyl (C=O) groups is 2. The van der Waals surface area contributed by atoms with Crippen LogP contribution in [0.2, 0.25) is 0 Å². The number of halogens is 3. The van der Waals surface area contributed by atoms with E-state index in [1.54, 1.807) is 0 Å². The molecule has 1 aliphatic rings. The van der Waals surface area contributed by atoms with Gasteiger partial charge in [-0.2, -0.15) is 13.2 Å². The fourth-order valence-corrected chi connectivity index (χ4v) is 2.16. The molecule has 0 saturated carbocycles. The number of carbonyl (C=O) groups excluding carboxylic acids is 1. The maximum atomic E-state index is 12.2. The molecule has 110 valence electrons. The first kappa shape index (κ1) is 15.6. The van der Waals surface area contributed by atoms with Crippen LogP contribution in [-0.2, 0) is 4.79 Å². The van der Waals surface area contributed by atoms with E-state index in [1.165, 1.54) is 0 Å². The molecule has 2 amide bonds. The molecular formula is C11H17F3N2O3. The van der Waals surface area contributed by atoms with E-state index in [0.29, 0.717) is 11.3 Å². The van der Waals surface area contributed by atoms with Gasteiger partial charge < -0.3 is 14.9 Å². The van der Waals surface area contributed by atoms with Crippen LogP contribution in [0.1, 0.15) is 19.8 Å². The molecule has 0 spiro atoms. The van der Waals surface area contributed by atoms with E-state index >= 15 is 0 Å². The molecule has 1 fully saturated rings. The van der Waals surface area contributed by atoms with Gasteiger partial charge in [0.05, 0.1) is 0 Å². The van der Waals surface area contributed by atoms with E-state index in [0.717, 1.165) is 11.9 Å². The van der Waals surface area contributed by atoms with Crippen LogP contribution in [0.25, 0.3) is 0 Å². The molecule has 0 aromatic rings. The van der Waals surface area contributed by atoms with E-state index in [9.17, 15) is 22.8 Å². The van der Waals surface area contributed by atoms with Crippen molar-refractivity contribution in [3.8, 4) is 0 Å². The van der Waals surface area contributed by atoms with Crippen LogP contribution in [0, 0.1) is 5.92 Å². The number of aliphatic carboxylic acids is 1. The number of piperidine rings is 1. The third-order valence-corrected chi connectivity index (χ3v) is 3.14. The Morgan fingerprint density at radius 2 is 2.00 bits per heavy atom. The first-order valence-electron chi connectivity index (χ1n) is 5.93. The molecule has 0 aromatic heterocycles. The van der Waals surface area contributed by atoms with Gasteiger partial charge in [-0.3, -0.25) is 0 Å².